The highest BCUT2D eigenvalue weighted by Gasteiger charge is 2.35. The number of carbonyl (C=O) groups is 1. The monoisotopic (exact) mass is 536 g/mol. The summed E-state index contributed by atoms with van der Waals surface area (Å²) >= 11 is 12.3. The number of nitrogens with zero attached hydrogens (tertiary/aromatic N) is 3. The number of aryl methyl sites for hydroxylation is 1. The number of aliphatic hydroxyl groups is 1. The van der Waals surface area contributed by atoms with Gasteiger partial charge in [-0.05, 0) is 67.0 Å². The van der Waals surface area contributed by atoms with Gasteiger partial charge >= 0.3 is 6.09 Å². The Morgan fingerprint density at radius 3 is 2.72 bits per heavy atom. The van der Waals surface area contributed by atoms with E-state index in [1.807, 2.05) is 6.07 Å². The molecule has 1 aliphatic heterocycles. The number of amides is 1. The Labute approximate surface area is 219 Å². The number of imidazole rings is 1. The molecule has 0 radical (unpaired) electrons. The molecule has 3 N–H and O–H groups in total. The smallest absolute Gasteiger partial charge is 0.404 e. The summed E-state index contributed by atoms with van der Waals surface area (Å²) in [6, 6.07) is 8.00. The van der Waals surface area contributed by atoms with Crippen LogP contribution in [0.5, 0.6) is 0 Å². The van der Waals surface area contributed by atoms with Gasteiger partial charge in [-0.2, -0.15) is 0 Å². The van der Waals surface area contributed by atoms with Gasteiger partial charge in [-0.1, -0.05) is 37.0 Å². The summed E-state index contributed by atoms with van der Waals surface area (Å²) in [5, 5.41) is 11.0. The van der Waals surface area contributed by atoms with E-state index in [9.17, 15) is 14.3 Å². The Hall–Kier alpha value is -2.55. The van der Waals surface area contributed by atoms with Gasteiger partial charge in [0.2, 0.25) is 0 Å². The van der Waals surface area contributed by atoms with Crippen molar-refractivity contribution < 1.29 is 19.0 Å². The lowest BCUT2D eigenvalue weighted by atomic mass is 9.82. The Morgan fingerprint density at radius 1 is 1.25 bits per heavy atom. The third kappa shape index (κ3) is 5.88. The van der Waals surface area contributed by atoms with E-state index in [1.165, 1.54) is 12.1 Å². The molecule has 0 saturated heterocycles. The highest BCUT2D eigenvalue weighted by atomic mass is 35.5. The number of hydrogen-bond donors (Lipinski definition) is 2. The molecule has 0 fully saturated rings. The molecule has 1 amide bonds. The van der Waals surface area contributed by atoms with Crippen LogP contribution in [0.2, 0.25) is 10.0 Å². The van der Waals surface area contributed by atoms with Crippen LogP contribution in [0.3, 0.4) is 0 Å². The SMILES string of the molecule is CC(C)(CC[C@H](C(CO)OC(N)=O)N1CCc2cc(F)ccc21)CCn1cnc2cc(Cl)c(Cl)cc21. The average molecular weight is 537 g/mol. The van der Waals surface area contributed by atoms with Gasteiger partial charge in [0.25, 0.3) is 0 Å². The van der Waals surface area contributed by atoms with E-state index < -0.39 is 12.2 Å². The molecule has 7 nitrogen and oxygen atoms in total. The Kier molecular flexibility index (Phi) is 7.97. The van der Waals surface area contributed by atoms with E-state index >= 15 is 0 Å². The second-order valence-corrected chi connectivity index (χ2v) is 10.9. The molecule has 0 saturated carbocycles. The van der Waals surface area contributed by atoms with Gasteiger partial charge < -0.3 is 25.0 Å². The molecule has 1 aliphatic rings. The quantitative estimate of drug-likeness (QED) is 0.353. The molecule has 4 rings (SSSR count). The first-order chi connectivity index (χ1) is 17.1. The fourth-order valence-corrected chi connectivity index (χ4v) is 5.30. The maximum Gasteiger partial charge on any atom is 0.404 e. The lowest BCUT2D eigenvalue weighted by Crippen LogP contribution is -2.48. The number of fused-ring (bicyclic) bond motifs is 2. The van der Waals surface area contributed by atoms with Crippen LogP contribution in [-0.4, -0.2) is 46.0 Å². The highest BCUT2D eigenvalue weighted by molar-refractivity contribution is 6.42. The van der Waals surface area contributed by atoms with Crippen LogP contribution in [0, 0.1) is 11.2 Å². The number of hydrogen-bond acceptors (Lipinski definition) is 5. The molecular weight excluding hydrogens is 506 g/mol. The maximum atomic E-state index is 13.8. The van der Waals surface area contributed by atoms with Gasteiger partial charge in [0.05, 0.1) is 40.1 Å². The van der Waals surface area contributed by atoms with Crippen molar-refractivity contribution in [2.75, 3.05) is 18.1 Å². The predicted octanol–water partition coefficient (Wildman–Crippen LogP) is 5.57. The number of ether oxygens (including phenoxy) is 1. The zero-order valence-electron chi connectivity index (χ0n) is 20.4. The normalized spacial score (nSPS) is 15.2. The first-order valence-corrected chi connectivity index (χ1v) is 12.8. The number of halogens is 3. The van der Waals surface area contributed by atoms with E-state index in [0.717, 1.165) is 41.7 Å². The topological polar surface area (TPSA) is 93.6 Å². The van der Waals surface area contributed by atoms with Crippen molar-refractivity contribution in [1.29, 1.82) is 0 Å². The lowest BCUT2D eigenvalue weighted by Gasteiger charge is -2.37. The van der Waals surface area contributed by atoms with Crippen molar-refractivity contribution in [2.24, 2.45) is 11.1 Å². The number of anilines is 1. The van der Waals surface area contributed by atoms with E-state index in [-0.39, 0.29) is 23.9 Å². The molecule has 0 aliphatic carbocycles. The Bertz CT molecular complexity index is 1250. The van der Waals surface area contributed by atoms with E-state index in [2.05, 4.69) is 28.3 Å². The molecule has 1 unspecified atom stereocenters. The van der Waals surface area contributed by atoms with Crippen LogP contribution in [-0.2, 0) is 17.7 Å². The van der Waals surface area contributed by atoms with Gasteiger partial charge in [0, 0.05) is 18.8 Å². The summed E-state index contributed by atoms with van der Waals surface area (Å²) in [6.45, 7) is 5.39. The Morgan fingerprint density at radius 2 is 2.00 bits per heavy atom. The molecule has 2 aromatic carbocycles. The molecule has 10 heteroatoms. The van der Waals surface area contributed by atoms with Crippen molar-refractivity contribution in [3.05, 3.63) is 58.1 Å². The van der Waals surface area contributed by atoms with Crippen LogP contribution >= 0.6 is 23.2 Å². The zero-order chi connectivity index (χ0) is 26.0. The third-order valence-electron chi connectivity index (χ3n) is 7.06. The lowest BCUT2D eigenvalue weighted by molar-refractivity contribution is 0.0417. The number of benzene rings is 2. The highest BCUT2D eigenvalue weighted by Crippen LogP contribution is 2.36. The van der Waals surface area contributed by atoms with Gasteiger partial charge in [-0.3, -0.25) is 0 Å². The van der Waals surface area contributed by atoms with Gasteiger partial charge in [0.15, 0.2) is 0 Å². The number of carbonyl (C=O) groups excluding carboxylic acids is 1. The molecule has 1 aromatic heterocycles. The second kappa shape index (κ2) is 10.8. The molecule has 3 aromatic rings. The molecule has 0 bridgehead atoms. The maximum absolute atomic E-state index is 13.8. The predicted molar refractivity (Wildman–Crippen MR) is 140 cm³/mol. The summed E-state index contributed by atoms with van der Waals surface area (Å²) in [5.74, 6) is -0.282. The molecule has 2 atom stereocenters. The first-order valence-electron chi connectivity index (χ1n) is 12.0. The minimum absolute atomic E-state index is 0.0802. The van der Waals surface area contributed by atoms with Crippen LogP contribution in [0.15, 0.2) is 36.7 Å². The Balaban J connectivity index is 1.48. The van der Waals surface area contributed by atoms with Crippen molar-refractivity contribution in [3.8, 4) is 0 Å². The summed E-state index contributed by atoms with van der Waals surface area (Å²) in [6.07, 6.45) is 3.05. The van der Waals surface area contributed by atoms with Crippen LogP contribution in [0.1, 0.15) is 38.7 Å². The van der Waals surface area contributed by atoms with Crippen molar-refractivity contribution in [3.63, 3.8) is 0 Å². The van der Waals surface area contributed by atoms with E-state index in [4.69, 9.17) is 33.7 Å². The molecule has 36 heavy (non-hydrogen) atoms. The largest absolute Gasteiger partial charge is 0.442 e. The minimum atomic E-state index is -0.928. The third-order valence-corrected chi connectivity index (χ3v) is 7.78. The fraction of sp³-hybridized carbons (Fsp3) is 0.462. The summed E-state index contributed by atoms with van der Waals surface area (Å²) in [4.78, 5) is 18.1. The van der Waals surface area contributed by atoms with Crippen molar-refractivity contribution in [1.82, 2.24) is 9.55 Å². The second-order valence-electron chi connectivity index (χ2n) is 10.1. The molecule has 2 heterocycles. The zero-order valence-corrected chi connectivity index (χ0v) is 21.9. The average Bonchev–Trinajstić information content (AvgIpc) is 3.40. The molecular formula is C26H31Cl2FN4O3. The van der Waals surface area contributed by atoms with Crippen molar-refractivity contribution in [2.45, 2.75) is 58.2 Å². The number of aromatic nitrogens is 2. The summed E-state index contributed by atoms with van der Waals surface area (Å²) < 4.78 is 21.1. The van der Waals surface area contributed by atoms with E-state index in [1.54, 1.807) is 18.5 Å². The molecule has 194 valence electrons. The van der Waals surface area contributed by atoms with Crippen LogP contribution in [0.4, 0.5) is 14.9 Å². The van der Waals surface area contributed by atoms with Crippen LogP contribution in [0.25, 0.3) is 11.0 Å². The van der Waals surface area contributed by atoms with Gasteiger partial charge in [-0.15, -0.1) is 0 Å². The number of rotatable bonds is 10. The van der Waals surface area contributed by atoms with Crippen LogP contribution < -0.4 is 10.6 Å². The number of primary amides is 1. The fourth-order valence-electron chi connectivity index (χ4n) is 4.99. The first kappa shape index (κ1) is 26.5. The van der Waals surface area contributed by atoms with E-state index in [0.29, 0.717) is 29.4 Å². The summed E-state index contributed by atoms with van der Waals surface area (Å²) in [7, 11) is 0. The van der Waals surface area contributed by atoms with Gasteiger partial charge in [0.1, 0.15) is 11.9 Å². The summed E-state index contributed by atoms with van der Waals surface area (Å²) in [5.41, 5.74) is 8.74. The number of nitrogens with two attached hydrogens (primary N) is 1. The van der Waals surface area contributed by atoms with Crippen molar-refractivity contribution >= 4 is 46.0 Å². The standard InChI is InChI=1S/C26H31Cl2FN4O3/c1-26(2,8-10-32-15-31-20-12-18(27)19(28)13-23(20)32)7-5-22(24(14-34)36-25(30)35)33-9-6-16-11-17(29)3-4-21(16)33/h3-4,11-13,15,22,24,34H,5-10,14H2,1-2H3,(H2,30,35)/t22-,24?/m1/s1. The molecule has 0 spiro atoms. The minimum Gasteiger partial charge on any atom is -0.442 e. The number of aliphatic hydroxyl groups excluding tert-OH is 1. The van der Waals surface area contributed by atoms with Gasteiger partial charge in [-0.25, -0.2) is 14.2 Å².